The zero-order chi connectivity index (χ0) is 17.9. The van der Waals surface area contributed by atoms with Crippen molar-refractivity contribution in [2.75, 3.05) is 5.32 Å². The fraction of sp³-hybridized carbons (Fsp3) is 0.0625. The molecule has 0 radical (unpaired) electrons. The van der Waals surface area contributed by atoms with E-state index in [0.29, 0.717) is 11.3 Å². The minimum Gasteiger partial charge on any atom is -0.508 e. The quantitative estimate of drug-likeness (QED) is 0.524. The van der Waals surface area contributed by atoms with Crippen LogP contribution in [-0.2, 0) is 11.2 Å². The molecule has 5 N–H and O–H groups in total. The van der Waals surface area contributed by atoms with Crippen molar-refractivity contribution in [3.8, 4) is 11.5 Å². The maximum absolute atomic E-state index is 12.2. The molecule has 1 amide bonds. The summed E-state index contributed by atoms with van der Waals surface area (Å²) in [6.45, 7) is 0. The van der Waals surface area contributed by atoms with E-state index in [-0.39, 0.29) is 6.42 Å². The Kier molecular flexibility index (Phi) is 4.69. The summed E-state index contributed by atoms with van der Waals surface area (Å²) in [7, 11) is 0. The Hall–Kier alpha value is -3.55. The van der Waals surface area contributed by atoms with Crippen LogP contribution < -0.4 is 5.32 Å². The van der Waals surface area contributed by atoms with Crippen LogP contribution in [0.3, 0.4) is 0 Å². The molecule has 0 aliphatic heterocycles. The lowest BCUT2D eigenvalue weighted by Crippen LogP contribution is -2.13. The van der Waals surface area contributed by atoms with Crippen LogP contribution in [0.5, 0.6) is 11.5 Å². The van der Waals surface area contributed by atoms with Crippen molar-refractivity contribution >= 4 is 23.5 Å². The minimum absolute atomic E-state index is 0.163. The molecule has 0 atom stereocenters. The number of carbonyl (C=O) groups is 3. The van der Waals surface area contributed by atoms with Gasteiger partial charge in [-0.25, -0.2) is 4.79 Å². The van der Waals surface area contributed by atoms with Crippen molar-refractivity contribution in [3.63, 3.8) is 0 Å². The first-order chi connectivity index (χ1) is 11.3. The molecule has 0 heterocycles. The van der Waals surface area contributed by atoms with Crippen molar-refractivity contribution < 1.29 is 34.8 Å². The summed E-state index contributed by atoms with van der Waals surface area (Å²) in [6.07, 6.45) is -0.163. The number of hydrogen-bond acceptors (Lipinski definition) is 5. The third-order valence-electron chi connectivity index (χ3n) is 3.14. The molecule has 0 fully saturated rings. The third kappa shape index (κ3) is 3.80. The van der Waals surface area contributed by atoms with Gasteiger partial charge in [-0.3, -0.25) is 9.59 Å². The highest BCUT2D eigenvalue weighted by molar-refractivity contribution is 6.08. The van der Waals surface area contributed by atoms with Gasteiger partial charge >= 0.3 is 11.9 Å². The van der Waals surface area contributed by atoms with Crippen LogP contribution in [0.25, 0.3) is 0 Å². The number of aromatic hydroxyl groups is 2. The van der Waals surface area contributed by atoms with Gasteiger partial charge in [-0.1, -0.05) is 12.1 Å². The van der Waals surface area contributed by atoms with Gasteiger partial charge < -0.3 is 25.7 Å². The number of aromatic carboxylic acids is 1. The summed E-state index contributed by atoms with van der Waals surface area (Å²) >= 11 is 0. The van der Waals surface area contributed by atoms with Gasteiger partial charge in [0.05, 0.1) is 12.0 Å². The van der Waals surface area contributed by atoms with Gasteiger partial charge in [-0.2, -0.15) is 0 Å². The molecule has 8 heteroatoms. The number of rotatable bonds is 5. The van der Waals surface area contributed by atoms with E-state index in [2.05, 4.69) is 5.32 Å². The Morgan fingerprint density at radius 2 is 1.50 bits per heavy atom. The predicted molar refractivity (Wildman–Crippen MR) is 82.5 cm³/mol. The van der Waals surface area contributed by atoms with Crippen LogP contribution in [0.4, 0.5) is 5.69 Å². The van der Waals surface area contributed by atoms with Crippen LogP contribution in [0.1, 0.15) is 26.3 Å². The van der Waals surface area contributed by atoms with E-state index in [9.17, 15) is 24.6 Å². The highest BCUT2D eigenvalue weighted by atomic mass is 16.4. The number of carbonyl (C=O) groups excluding carboxylic acids is 1. The second kappa shape index (κ2) is 6.69. The Morgan fingerprint density at radius 3 is 2.04 bits per heavy atom. The predicted octanol–water partition coefficient (Wildman–Crippen LogP) is 1.68. The smallest absolute Gasteiger partial charge is 0.339 e. The normalized spacial score (nSPS) is 10.2. The molecule has 0 bridgehead atoms. The second-order valence-corrected chi connectivity index (χ2v) is 4.92. The van der Waals surface area contributed by atoms with Gasteiger partial charge in [0.2, 0.25) is 0 Å². The van der Waals surface area contributed by atoms with Gasteiger partial charge in [-0.05, 0) is 29.8 Å². The van der Waals surface area contributed by atoms with E-state index in [0.717, 1.165) is 12.1 Å². The maximum atomic E-state index is 12.2. The number of amides is 1. The molecular formula is C16H13NO7. The van der Waals surface area contributed by atoms with Gasteiger partial charge in [-0.15, -0.1) is 0 Å². The zero-order valence-corrected chi connectivity index (χ0v) is 12.2. The number of anilines is 1. The van der Waals surface area contributed by atoms with Crippen LogP contribution in [0.2, 0.25) is 0 Å². The highest BCUT2D eigenvalue weighted by Gasteiger charge is 2.20. The molecule has 8 nitrogen and oxygen atoms in total. The van der Waals surface area contributed by atoms with E-state index in [1.54, 1.807) is 0 Å². The van der Waals surface area contributed by atoms with E-state index in [4.69, 9.17) is 10.2 Å². The lowest BCUT2D eigenvalue weighted by molar-refractivity contribution is -0.136. The zero-order valence-electron chi connectivity index (χ0n) is 12.2. The van der Waals surface area contributed by atoms with Gasteiger partial charge in [0, 0.05) is 5.69 Å². The van der Waals surface area contributed by atoms with Crippen LogP contribution >= 0.6 is 0 Å². The average Bonchev–Trinajstić information content (AvgIpc) is 2.50. The number of nitrogens with one attached hydrogen (secondary N) is 1. The lowest BCUT2D eigenvalue weighted by Gasteiger charge is -2.10. The summed E-state index contributed by atoms with van der Waals surface area (Å²) < 4.78 is 0. The Labute approximate surface area is 135 Å². The Bertz CT molecular complexity index is 812. The maximum Gasteiger partial charge on any atom is 0.339 e. The second-order valence-electron chi connectivity index (χ2n) is 4.92. The first kappa shape index (κ1) is 16.8. The third-order valence-corrected chi connectivity index (χ3v) is 3.14. The first-order valence-electron chi connectivity index (χ1n) is 6.69. The summed E-state index contributed by atoms with van der Waals surface area (Å²) in [6, 6.07) is 7.72. The molecule has 0 aromatic heterocycles. The van der Waals surface area contributed by atoms with Crippen LogP contribution in [-0.4, -0.2) is 38.3 Å². The largest absolute Gasteiger partial charge is 0.508 e. The van der Waals surface area contributed by atoms with Gasteiger partial charge in [0.15, 0.2) is 0 Å². The Balaban J connectivity index is 2.24. The van der Waals surface area contributed by atoms with Gasteiger partial charge in [0.25, 0.3) is 5.91 Å². The molecule has 2 aromatic carbocycles. The van der Waals surface area contributed by atoms with Crippen molar-refractivity contribution in [3.05, 3.63) is 53.1 Å². The number of benzene rings is 2. The molecule has 24 heavy (non-hydrogen) atoms. The van der Waals surface area contributed by atoms with Crippen molar-refractivity contribution in [2.24, 2.45) is 0 Å². The fourth-order valence-electron chi connectivity index (χ4n) is 2.03. The van der Waals surface area contributed by atoms with Gasteiger partial charge in [0.1, 0.15) is 17.1 Å². The summed E-state index contributed by atoms with van der Waals surface area (Å²) in [5, 5.41) is 39.4. The SMILES string of the molecule is O=C(O)Cc1ccc(NC(=O)c2cc(O)cc(C(=O)O)c2O)cc1. The number of phenols is 2. The summed E-state index contributed by atoms with van der Waals surface area (Å²) in [5.41, 5.74) is -0.151. The molecule has 0 spiro atoms. The molecule has 0 aliphatic carbocycles. The minimum atomic E-state index is -1.49. The fourth-order valence-corrected chi connectivity index (χ4v) is 2.03. The van der Waals surface area contributed by atoms with E-state index in [1.807, 2.05) is 0 Å². The number of carboxylic acids is 2. The van der Waals surface area contributed by atoms with Crippen molar-refractivity contribution in [2.45, 2.75) is 6.42 Å². The highest BCUT2D eigenvalue weighted by Crippen LogP contribution is 2.28. The monoisotopic (exact) mass is 331 g/mol. The van der Waals surface area contributed by atoms with Crippen LogP contribution in [0, 0.1) is 0 Å². The molecule has 0 aliphatic rings. The summed E-state index contributed by atoms with van der Waals surface area (Å²) in [5.74, 6) is -4.54. The number of aliphatic carboxylic acids is 1. The topological polar surface area (TPSA) is 144 Å². The molecule has 2 rings (SSSR count). The van der Waals surface area contributed by atoms with Crippen molar-refractivity contribution in [1.82, 2.24) is 0 Å². The van der Waals surface area contributed by atoms with E-state index < -0.39 is 40.5 Å². The molecule has 0 unspecified atom stereocenters. The average molecular weight is 331 g/mol. The van der Waals surface area contributed by atoms with E-state index >= 15 is 0 Å². The standard InChI is InChI=1S/C16H13NO7/c18-10-6-11(14(21)12(7-10)16(23)24)15(22)17-9-3-1-8(2-4-9)5-13(19)20/h1-4,6-7,18,21H,5H2,(H,17,22)(H,19,20)(H,23,24). The number of carboxylic acid groups (broad SMARTS) is 2. The lowest BCUT2D eigenvalue weighted by atomic mass is 10.1. The molecule has 0 saturated carbocycles. The number of phenolic OH excluding ortho intramolecular Hbond substituents is 1. The van der Waals surface area contributed by atoms with Crippen molar-refractivity contribution in [1.29, 1.82) is 0 Å². The van der Waals surface area contributed by atoms with Crippen LogP contribution in [0.15, 0.2) is 36.4 Å². The summed E-state index contributed by atoms with van der Waals surface area (Å²) in [4.78, 5) is 33.7. The molecular weight excluding hydrogens is 318 g/mol. The van der Waals surface area contributed by atoms with E-state index in [1.165, 1.54) is 24.3 Å². The molecule has 2 aromatic rings. The first-order valence-corrected chi connectivity index (χ1v) is 6.69. The molecule has 0 saturated heterocycles. The molecule has 124 valence electrons. The Morgan fingerprint density at radius 1 is 0.917 bits per heavy atom. The number of hydrogen-bond donors (Lipinski definition) is 5.